The number of nitrogens with one attached hydrogen (secondary N) is 2. The third-order valence-electron chi connectivity index (χ3n) is 3.03. The van der Waals surface area contributed by atoms with Crippen molar-refractivity contribution in [3.8, 4) is 5.69 Å². The minimum absolute atomic E-state index is 0.349. The van der Waals surface area contributed by atoms with Gasteiger partial charge in [0.05, 0.1) is 11.8 Å². The summed E-state index contributed by atoms with van der Waals surface area (Å²) in [6.45, 7) is 3.84. The molecule has 2 amide bonds. The van der Waals surface area contributed by atoms with Crippen LogP contribution in [0.4, 0.5) is 15.0 Å². The smallest absolute Gasteiger partial charge is 0.320 e. The zero-order valence-electron chi connectivity index (χ0n) is 12.5. The molecule has 0 bridgehead atoms. The highest BCUT2D eigenvalue weighted by atomic mass is 19.1. The van der Waals surface area contributed by atoms with E-state index in [0.717, 1.165) is 5.69 Å². The molecule has 0 aliphatic heterocycles. The molecule has 1 aromatic carbocycles. The standard InChI is InChI=1S/C15H19FN4O2/c1-10-8-14(18-15(22)17-7-6-11(2)21)19-20(10)13-5-3-4-12(16)9-13/h3-5,8-9,11,21H,6-7H2,1-2H3,(H2,17,18,19,22). The number of anilines is 1. The quantitative estimate of drug-likeness (QED) is 0.792. The molecule has 3 N–H and O–H groups in total. The summed E-state index contributed by atoms with van der Waals surface area (Å²) in [5, 5.41) is 18.6. The van der Waals surface area contributed by atoms with E-state index in [9.17, 15) is 9.18 Å². The second-order valence-corrected chi connectivity index (χ2v) is 5.08. The van der Waals surface area contributed by atoms with Gasteiger partial charge in [0.2, 0.25) is 0 Å². The van der Waals surface area contributed by atoms with E-state index in [-0.39, 0.29) is 5.82 Å². The van der Waals surface area contributed by atoms with Crippen LogP contribution in [0.3, 0.4) is 0 Å². The number of hydrogen-bond donors (Lipinski definition) is 3. The highest BCUT2D eigenvalue weighted by Crippen LogP contribution is 2.15. The summed E-state index contributed by atoms with van der Waals surface area (Å²) in [5.74, 6) is 0.0223. The van der Waals surface area contributed by atoms with E-state index >= 15 is 0 Å². The van der Waals surface area contributed by atoms with Crippen LogP contribution in [-0.4, -0.2) is 33.6 Å². The average molecular weight is 306 g/mol. The molecule has 0 radical (unpaired) electrons. The number of aliphatic hydroxyl groups is 1. The molecule has 0 aliphatic carbocycles. The monoisotopic (exact) mass is 306 g/mol. The van der Waals surface area contributed by atoms with Gasteiger partial charge in [-0.15, -0.1) is 5.10 Å². The lowest BCUT2D eigenvalue weighted by molar-refractivity contribution is 0.184. The topological polar surface area (TPSA) is 79.2 Å². The Labute approximate surface area is 128 Å². The second kappa shape index (κ2) is 7.04. The van der Waals surface area contributed by atoms with Gasteiger partial charge in [-0.3, -0.25) is 5.32 Å². The van der Waals surface area contributed by atoms with Gasteiger partial charge in [-0.05, 0) is 38.5 Å². The second-order valence-electron chi connectivity index (χ2n) is 5.08. The molecular formula is C15H19FN4O2. The lowest BCUT2D eigenvalue weighted by Gasteiger charge is -2.07. The van der Waals surface area contributed by atoms with Gasteiger partial charge >= 0.3 is 6.03 Å². The van der Waals surface area contributed by atoms with Gasteiger partial charge in [-0.25, -0.2) is 13.9 Å². The van der Waals surface area contributed by atoms with Crippen molar-refractivity contribution in [2.75, 3.05) is 11.9 Å². The van der Waals surface area contributed by atoms with Crippen LogP contribution in [0.15, 0.2) is 30.3 Å². The Morgan fingerprint density at radius 2 is 2.23 bits per heavy atom. The molecule has 1 atom stereocenters. The van der Waals surface area contributed by atoms with Crippen LogP contribution in [0.2, 0.25) is 0 Å². The van der Waals surface area contributed by atoms with Gasteiger partial charge in [0.25, 0.3) is 0 Å². The Morgan fingerprint density at radius 1 is 1.45 bits per heavy atom. The minimum atomic E-state index is -0.463. The van der Waals surface area contributed by atoms with Crippen molar-refractivity contribution in [2.45, 2.75) is 26.4 Å². The number of rotatable bonds is 5. The number of hydrogen-bond acceptors (Lipinski definition) is 3. The van der Waals surface area contributed by atoms with Crippen LogP contribution in [0.25, 0.3) is 5.69 Å². The molecule has 0 fully saturated rings. The third kappa shape index (κ3) is 4.29. The van der Waals surface area contributed by atoms with E-state index in [0.29, 0.717) is 24.5 Å². The molecule has 2 rings (SSSR count). The van der Waals surface area contributed by atoms with Gasteiger partial charge in [-0.1, -0.05) is 6.07 Å². The molecule has 1 heterocycles. The first-order chi connectivity index (χ1) is 10.5. The highest BCUT2D eigenvalue weighted by Gasteiger charge is 2.09. The van der Waals surface area contributed by atoms with Crippen molar-refractivity contribution in [3.63, 3.8) is 0 Å². The number of aliphatic hydroxyl groups excluding tert-OH is 1. The maximum Gasteiger partial charge on any atom is 0.320 e. The first-order valence-electron chi connectivity index (χ1n) is 7.01. The number of urea groups is 1. The van der Waals surface area contributed by atoms with Crippen molar-refractivity contribution in [1.82, 2.24) is 15.1 Å². The van der Waals surface area contributed by atoms with Crippen molar-refractivity contribution in [1.29, 1.82) is 0 Å². The number of aromatic nitrogens is 2. The lowest BCUT2D eigenvalue weighted by atomic mass is 10.3. The summed E-state index contributed by atoms with van der Waals surface area (Å²) >= 11 is 0. The van der Waals surface area contributed by atoms with Crippen molar-refractivity contribution in [2.24, 2.45) is 0 Å². The normalized spacial score (nSPS) is 12.0. The van der Waals surface area contributed by atoms with Gasteiger partial charge in [0.1, 0.15) is 5.82 Å². The molecule has 22 heavy (non-hydrogen) atoms. The summed E-state index contributed by atoms with van der Waals surface area (Å²) in [5.41, 5.74) is 1.35. The van der Waals surface area contributed by atoms with Crippen LogP contribution < -0.4 is 10.6 Å². The molecule has 1 aromatic heterocycles. The minimum Gasteiger partial charge on any atom is -0.393 e. The Bertz CT molecular complexity index is 655. The molecule has 0 saturated carbocycles. The van der Waals surface area contributed by atoms with Crippen LogP contribution in [0.1, 0.15) is 19.0 Å². The molecule has 2 aromatic rings. The molecule has 0 spiro atoms. The number of aryl methyl sites for hydroxylation is 1. The van der Waals surface area contributed by atoms with E-state index in [2.05, 4.69) is 15.7 Å². The molecule has 118 valence electrons. The van der Waals surface area contributed by atoms with Crippen molar-refractivity contribution < 1.29 is 14.3 Å². The fourth-order valence-electron chi connectivity index (χ4n) is 1.96. The summed E-state index contributed by atoms with van der Waals surface area (Å²) in [6.07, 6.45) is 0.0132. The van der Waals surface area contributed by atoms with Crippen LogP contribution >= 0.6 is 0 Å². The Balaban J connectivity index is 2.02. The molecule has 0 aliphatic rings. The Hall–Kier alpha value is -2.41. The first-order valence-corrected chi connectivity index (χ1v) is 7.01. The number of benzene rings is 1. The molecule has 0 saturated heterocycles. The van der Waals surface area contributed by atoms with Gasteiger partial charge in [0, 0.05) is 18.3 Å². The molecule has 1 unspecified atom stereocenters. The fourth-order valence-corrected chi connectivity index (χ4v) is 1.96. The summed E-state index contributed by atoms with van der Waals surface area (Å²) < 4.78 is 14.8. The van der Waals surface area contributed by atoms with Gasteiger partial charge in [-0.2, -0.15) is 0 Å². The number of halogens is 1. The molecule has 7 heteroatoms. The summed E-state index contributed by atoms with van der Waals surface area (Å²) in [6, 6.07) is 7.35. The number of nitrogens with zero attached hydrogens (tertiary/aromatic N) is 2. The summed E-state index contributed by atoms with van der Waals surface area (Å²) in [4.78, 5) is 11.7. The van der Waals surface area contributed by atoms with Crippen molar-refractivity contribution in [3.05, 3.63) is 41.8 Å². The highest BCUT2D eigenvalue weighted by molar-refractivity contribution is 5.88. The first kappa shape index (κ1) is 16.0. The predicted molar refractivity (Wildman–Crippen MR) is 81.6 cm³/mol. The zero-order chi connectivity index (χ0) is 16.1. The van der Waals surface area contributed by atoms with Crippen LogP contribution in [-0.2, 0) is 0 Å². The van der Waals surface area contributed by atoms with E-state index in [1.807, 2.05) is 6.92 Å². The fraction of sp³-hybridized carbons (Fsp3) is 0.333. The predicted octanol–water partition coefficient (Wildman–Crippen LogP) is 2.21. The summed E-state index contributed by atoms with van der Waals surface area (Å²) in [7, 11) is 0. The molecular weight excluding hydrogens is 287 g/mol. The third-order valence-corrected chi connectivity index (χ3v) is 3.03. The van der Waals surface area contributed by atoms with E-state index < -0.39 is 12.1 Å². The average Bonchev–Trinajstić information content (AvgIpc) is 2.79. The van der Waals surface area contributed by atoms with Crippen molar-refractivity contribution >= 4 is 11.8 Å². The van der Waals surface area contributed by atoms with E-state index in [1.54, 1.807) is 29.8 Å². The molecule has 6 nitrogen and oxygen atoms in total. The number of amides is 2. The Morgan fingerprint density at radius 3 is 2.91 bits per heavy atom. The Kier molecular flexibility index (Phi) is 5.11. The van der Waals surface area contributed by atoms with Gasteiger partial charge in [0.15, 0.2) is 5.82 Å². The zero-order valence-corrected chi connectivity index (χ0v) is 12.5. The van der Waals surface area contributed by atoms with Gasteiger partial charge < -0.3 is 10.4 Å². The van der Waals surface area contributed by atoms with E-state index in [1.165, 1.54) is 12.1 Å². The van der Waals surface area contributed by atoms with Crippen LogP contribution in [0, 0.1) is 12.7 Å². The largest absolute Gasteiger partial charge is 0.393 e. The van der Waals surface area contributed by atoms with Crippen LogP contribution in [0.5, 0.6) is 0 Å². The maximum atomic E-state index is 13.3. The maximum absolute atomic E-state index is 13.3. The van der Waals surface area contributed by atoms with E-state index in [4.69, 9.17) is 5.11 Å². The number of carbonyl (C=O) groups excluding carboxylic acids is 1. The lowest BCUT2D eigenvalue weighted by Crippen LogP contribution is -2.31. The number of carbonyl (C=O) groups is 1. The SMILES string of the molecule is Cc1cc(NC(=O)NCCC(C)O)nn1-c1cccc(F)c1.